The van der Waals surface area contributed by atoms with Gasteiger partial charge in [-0.15, -0.1) is 0 Å². The number of para-hydroxylation sites is 1. The summed E-state index contributed by atoms with van der Waals surface area (Å²) in [7, 11) is 0. The van der Waals surface area contributed by atoms with Gasteiger partial charge in [0.25, 0.3) is 5.69 Å². The van der Waals surface area contributed by atoms with Crippen LogP contribution in [0.3, 0.4) is 0 Å². The number of nitro groups is 1. The summed E-state index contributed by atoms with van der Waals surface area (Å²) in [6.45, 7) is 0. The maximum atomic E-state index is 11.2. The van der Waals surface area contributed by atoms with Gasteiger partial charge < -0.3 is 0 Å². The summed E-state index contributed by atoms with van der Waals surface area (Å²) >= 11 is 3.44. The first-order chi connectivity index (χ1) is 9.66. The molecule has 0 radical (unpaired) electrons. The van der Waals surface area contributed by atoms with Crippen LogP contribution in [-0.2, 0) is 0 Å². The molecule has 98 valence electrons. The molecule has 0 atom stereocenters. The van der Waals surface area contributed by atoms with Crippen molar-refractivity contribution in [3.05, 3.63) is 75.3 Å². The second-order valence-electron chi connectivity index (χ2n) is 4.45. The van der Waals surface area contributed by atoms with Crippen molar-refractivity contribution in [2.45, 2.75) is 0 Å². The first-order valence-electron chi connectivity index (χ1n) is 6.09. The van der Waals surface area contributed by atoms with Crippen LogP contribution in [0, 0.1) is 10.1 Å². The van der Waals surface area contributed by atoms with E-state index in [0.29, 0.717) is 5.56 Å². The molecule has 3 nitrogen and oxygen atoms in total. The number of benzene rings is 3. The maximum absolute atomic E-state index is 11.2. The highest BCUT2D eigenvalue weighted by molar-refractivity contribution is 9.10. The molecular weight excluding hydrogens is 318 g/mol. The molecule has 0 amide bonds. The molecule has 0 saturated heterocycles. The zero-order chi connectivity index (χ0) is 14.1. The van der Waals surface area contributed by atoms with Crippen LogP contribution in [-0.4, -0.2) is 4.92 Å². The number of fused-ring (bicyclic) bond motifs is 1. The van der Waals surface area contributed by atoms with E-state index in [1.807, 2.05) is 42.5 Å². The van der Waals surface area contributed by atoms with Gasteiger partial charge in [-0.1, -0.05) is 52.3 Å². The number of halogens is 1. The lowest BCUT2D eigenvalue weighted by Crippen LogP contribution is -1.92. The van der Waals surface area contributed by atoms with E-state index in [4.69, 9.17) is 0 Å². The maximum Gasteiger partial charge on any atom is 0.277 e. The summed E-state index contributed by atoms with van der Waals surface area (Å²) in [6, 6.07) is 18.6. The first kappa shape index (κ1) is 12.8. The smallest absolute Gasteiger partial charge is 0.258 e. The quantitative estimate of drug-likeness (QED) is 0.481. The minimum absolute atomic E-state index is 0.128. The number of hydrogen-bond donors (Lipinski definition) is 0. The highest BCUT2D eigenvalue weighted by Crippen LogP contribution is 2.35. The van der Waals surface area contributed by atoms with Crippen molar-refractivity contribution >= 4 is 32.4 Å². The molecule has 0 aliphatic rings. The molecule has 0 spiro atoms. The average molecular weight is 328 g/mol. The molecule has 4 heteroatoms. The average Bonchev–Trinajstić information content (AvgIpc) is 2.46. The zero-order valence-corrected chi connectivity index (χ0v) is 12.0. The molecule has 3 aromatic carbocycles. The van der Waals surface area contributed by atoms with E-state index in [-0.39, 0.29) is 10.6 Å². The summed E-state index contributed by atoms with van der Waals surface area (Å²) in [5.41, 5.74) is 1.65. The summed E-state index contributed by atoms with van der Waals surface area (Å²) in [5.74, 6) is 0. The summed E-state index contributed by atoms with van der Waals surface area (Å²) in [5, 5.41) is 13.2. The van der Waals surface area contributed by atoms with Gasteiger partial charge in [-0.2, -0.15) is 0 Å². The van der Waals surface area contributed by atoms with Crippen molar-refractivity contribution in [2.75, 3.05) is 0 Å². The highest BCUT2D eigenvalue weighted by atomic mass is 79.9. The minimum atomic E-state index is -0.340. The standard InChI is InChI=1S/C16H10BrNO2/c17-12-8-9-13-11(10-12)4-3-6-14(13)15-5-1-2-7-16(15)18(19)20/h1-10H. The number of hydrogen-bond acceptors (Lipinski definition) is 2. The topological polar surface area (TPSA) is 43.1 Å². The SMILES string of the molecule is O=[N+]([O-])c1ccccc1-c1cccc2cc(Br)ccc12. The van der Waals surface area contributed by atoms with E-state index in [9.17, 15) is 10.1 Å². The van der Waals surface area contributed by atoms with E-state index in [1.54, 1.807) is 12.1 Å². The van der Waals surface area contributed by atoms with Crippen LogP contribution < -0.4 is 0 Å². The Morgan fingerprint density at radius 3 is 2.45 bits per heavy atom. The number of nitrogens with zero attached hydrogens (tertiary/aromatic N) is 1. The molecule has 20 heavy (non-hydrogen) atoms. The Hall–Kier alpha value is -2.20. The molecule has 3 aromatic rings. The summed E-state index contributed by atoms with van der Waals surface area (Å²) < 4.78 is 0.990. The number of rotatable bonds is 2. The lowest BCUT2D eigenvalue weighted by Gasteiger charge is -2.08. The third-order valence-electron chi connectivity index (χ3n) is 3.23. The van der Waals surface area contributed by atoms with Gasteiger partial charge in [-0.05, 0) is 34.5 Å². The molecule has 3 rings (SSSR count). The molecule has 0 fully saturated rings. The Morgan fingerprint density at radius 2 is 1.65 bits per heavy atom. The van der Waals surface area contributed by atoms with Gasteiger partial charge in [0.1, 0.15) is 0 Å². The zero-order valence-electron chi connectivity index (χ0n) is 10.4. The van der Waals surface area contributed by atoms with Crippen molar-refractivity contribution in [1.82, 2.24) is 0 Å². The van der Waals surface area contributed by atoms with Crippen molar-refractivity contribution in [3.63, 3.8) is 0 Å². The van der Waals surface area contributed by atoms with Crippen molar-refractivity contribution in [3.8, 4) is 11.1 Å². The Bertz CT molecular complexity index is 814. The normalized spacial score (nSPS) is 10.7. The van der Waals surface area contributed by atoms with Crippen LogP contribution in [0.1, 0.15) is 0 Å². The largest absolute Gasteiger partial charge is 0.277 e. The minimum Gasteiger partial charge on any atom is -0.258 e. The Morgan fingerprint density at radius 1 is 0.900 bits per heavy atom. The molecule has 0 aliphatic carbocycles. The van der Waals surface area contributed by atoms with Crippen LogP contribution in [0.25, 0.3) is 21.9 Å². The third-order valence-corrected chi connectivity index (χ3v) is 3.73. The fraction of sp³-hybridized carbons (Fsp3) is 0. The van der Waals surface area contributed by atoms with Crippen molar-refractivity contribution in [1.29, 1.82) is 0 Å². The lowest BCUT2D eigenvalue weighted by molar-refractivity contribution is -0.384. The van der Waals surface area contributed by atoms with Gasteiger partial charge >= 0.3 is 0 Å². The lowest BCUT2D eigenvalue weighted by atomic mass is 9.97. The van der Waals surface area contributed by atoms with Crippen LogP contribution >= 0.6 is 15.9 Å². The number of nitro benzene ring substituents is 1. The first-order valence-corrected chi connectivity index (χ1v) is 6.88. The second kappa shape index (κ2) is 5.06. The van der Waals surface area contributed by atoms with Gasteiger partial charge in [-0.25, -0.2) is 0 Å². The van der Waals surface area contributed by atoms with E-state index < -0.39 is 0 Å². The molecular formula is C16H10BrNO2. The predicted octanol–water partition coefficient (Wildman–Crippen LogP) is 5.18. The van der Waals surface area contributed by atoms with Crippen LogP contribution in [0.4, 0.5) is 5.69 Å². The molecule has 0 heterocycles. The third kappa shape index (κ3) is 2.18. The van der Waals surface area contributed by atoms with E-state index >= 15 is 0 Å². The van der Waals surface area contributed by atoms with E-state index in [1.165, 1.54) is 6.07 Å². The van der Waals surface area contributed by atoms with Gasteiger partial charge in [-0.3, -0.25) is 10.1 Å². The van der Waals surface area contributed by atoms with Crippen molar-refractivity contribution < 1.29 is 4.92 Å². The molecule has 0 unspecified atom stereocenters. The Balaban J connectivity index is 2.33. The monoisotopic (exact) mass is 327 g/mol. The van der Waals surface area contributed by atoms with E-state index in [2.05, 4.69) is 15.9 Å². The second-order valence-corrected chi connectivity index (χ2v) is 5.36. The highest BCUT2D eigenvalue weighted by Gasteiger charge is 2.15. The summed E-state index contributed by atoms with van der Waals surface area (Å²) in [6.07, 6.45) is 0. The molecule has 0 N–H and O–H groups in total. The van der Waals surface area contributed by atoms with Crippen molar-refractivity contribution in [2.24, 2.45) is 0 Å². The van der Waals surface area contributed by atoms with Crippen LogP contribution in [0.5, 0.6) is 0 Å². The molecule has 0 aliphatic heterocycles. The summed E-state index contributed by atoms with van der Waals surface area (Å²) in [4.78, 5) is 10.8. The van der Waals surface area contributed by atoms with E-state index in [0.717, 1.165) is 20.8 Å². The molecule has 0 saturated carbocycles. The van der Waals surface area contributed by atoms with Crippen LogP contribution in [0.2, 0.25) is 0 Å². The fourth-order valence-electron chi connectivity index (χ4n) is 2.35. The van der Waals surface area contributed by atoms with Gasteiger partial charge in [0.05, 0.1) is 10.5 Å². The molecule has 0 aromatic heterocycles. The Labute approximate surface area is 124 Å². The Kier molecular flexibility index (Phi) is 3.24. The van der Waals surface area contributed by atoms with Gasteiger partial charge in [0, 0.05) is 10.5 Å². The van der Waals surface area contributed by atoms with Gasteiger partial charge in [0.15, 0.2) is 0 Å². The van der Waals surface area contributed by atoms with Crippen LogP contribution in [0.15, 0.2) is 65.1 Å². The molecule has 0 bridgehead atoms. The predicted molar refractivity (Wildman–Crippen MR) is 83.7 cm³/mol. The fourth-order valence-corrected chi connectivity index (χ4v) is 2.73. The van der Waals surface area contributed by atoms with Gasteiger partial charge in [0.2, 0.25) is 0 Å².